The molecule has 0 aliphatic heterocycles. The highest BCUT2D eigenvalue weighted by Crippen LogP contribution is 2.27. The first-order valence-electron chi connectivity index (χ1n) is 9.70. The summed E-state index contributed by atoms with van der Waals surface area (Å²) >= 11 is 0. The van der Waals surface area contributed by atoms with Crippen LogP contribution in [0.15, 0.2) is 4.99 Å². The minimum atomic E-state index is -0.654. The first-order chi connectivity index (χ1) is 11.9. The number of nitrogens with zero attached hydrogens (tertiary/aromatic N) is 1. The summed E-state index contributed by atoms with van der Waals surface area (Å²) < 4.78 is 5.31. The van der Waals surface area contributed by atoms with E-state index >= 15 is 0 Å². The molecule has 0 aromatic rings. The molecule has 0 radical (unpaired) electrons. The number of carbonyl (C=O) groups excluding carboxylic acids is 1. The predicted octanol–water partition coefficient (Wildman–Crippen LogP) is 3.16. The van der Waals surface area contributed by atoms with Crippen molar-refractivity contribution in [2.45, 2.75) is 90.4 Å². The Kier molecular flexibility index (Phi) is 11.0. The molecule has 160 valence electrons. The van der Waals surface area contributed by atoms with Crippen molar-refractivity contribution in [3.05, 3.63) is 0 Å². The first-order valence-corrected chi connectivity index (χ1v) is 9.70. The van der Waals surface area contributed by atoms with Gasteiger partial charge in [-0.3, -0.25) is 4.99 Å². The van der Waals surface area contributed by atoms with Gasteiger partial charge in [0.05, 0.1) is 17.7 Å². The summed E-state index contributed by atoms with van der Waals surface area (Å²) in [7, 11) is 0. The molecule has 0 spiro atoms. The molecule has 1 amide bonds. The predicted molar refractivity (Wildman–Crippen MR) is 121 cm³/mol. The molecule has 1 aliphatic carbocycles. The van der Waals surface area contributed by atoms with Gasteiger partial charge in [0.2, 0.25) is 0 Å². The van der Waals surface area contributed by atoms with Crippen LogP contribution < -0.4 is 16.0 Å². The maximum absolute atomic E-state index is 12.0. The number of halogens is 1. The number of rotatable bonds is 6. The highest BCUT2D eigenvalue weighted by molar-refractivity contribution is 14.0. The van der Waals surface area contributed by atoms with Gasteiger partial charge in [-0.1, -0.05) is 19.3 Å². The number of aliphatic imine (C=N–C) groups is 1. The Balaban J connectivity index is 0.00000676. The van der Waals surface area contributed by atoms with Crippen LogP contribution in [0.1, 0.15) is 73.6 Å². The van der Waals surface area contributed by atoms with Crippen LogP contribution in [0.5, 0.6) is 0 Å². The van der Waals surface area contributed by atoms with Crippen LogP contribution in [0.3, 0.4) is 0 Å². The molecule has 0 bridgehead atoms. The Morgan fingerprint density at radius 3 is 2.22 bits per heavy atom. The normalized spacial score (nSPS) is 17.5. The molecule has 1 rings (SSSR count). The number of aliphatic hydroxyl groups is 1. The number of nitrogens with one attached hydrogen (secondary N) is 3. The van der Waals surface area contributed by atoms with Gasteiger partial charge in [0.1, 0.15) is 5.60 Å². The van der Waals surface area contributed by atoms with Gasteiger partial charge in [-0.05, 0) is 54.4 Å². The van der Waals surface area contributed by atoms with E-state index in [0.717, 1.165) is 32.2 Å². The van der Waals surface area contributed by atoms with Gasteiger partial charge in [0.25, 0.3) is 0 Å². The van der Waals surface area contributed by atoms with Crippen LogP contribution in [-0.4, -0.2) is 53.5 Å². The van der Waals surface area contributed by atoms with Crippen molar-refractivity contribution in [3.63, 3.8) is 0 Å². The lowest BCUT2D eigenvalue weighted by molar-refractivity contribution is 0.00858. The Morgan fingerprint density at radius 1 is 1.11 bits per heavy atom. The van der Waals surface area contributed by atoms with E-state index in [9.17, 15) is 9.90 Å². The molecule has 1 saturated carbocycles. The summed E-state index contributed by atoms with van der Waals surface area (Å²) in [4.78, 5) is 16.5. The average molecular weight is 498 g/mol. The summed E-state index contributed by atoms with van der Waals surface area (Å²) in [6.45, 7) is 12.9. The van der Waals surface area contributed by atoms with E-state index in [1.165, 1.54) is 6.42 Å². The van der Waals surface area contributed by atoms with E-state index in [2.05, 4.69) is 20.9 Å². The van der Waals surface area contributed by atoms with Crippen molar-refractivity contribution in [2.24, 2.45) is 4.99 Å². The zero-order chi connectivity index (χ0) is 19.8. The quantitative estimate of drug-likeness (QED) is 0.257. The van der Waals surface area contributed by atoms with Gasteiger partial charge < -0.3 is 25.8 Å². The summed E-state index contributed by atoms with van der Waals surface area (Å²) in [5, 5.41) is 19.9. The van der Waals surface area contributed by atoms with Crippen LogP contribution in [0, 0.1) is 0 Å². The van der Waals surface area contributed by atoms with Crippen molar-refractivity contribution in [1.29, 1.82) is 0 Å². The smallest absolute Gasteiger partial charge is 0.408 e. The number of amides is 1. The number of hydrogen-bond acceptors (Lipinski definition) is 4. The third-order valence-corrected chi connectivity index (χ3v) is 4.19. The molecule has 0 saturated heterocycles. The van der Waals surface area contributed by atoms with Crippen LogP contribution in [-0.2, 0) is 4.74 Å². The fourth-order valence-corrected chi connectivity index (χ4v) is 2.87. The summed E-state index contributed by atoms with van der Waals surface area (Å²) in [6, 6.07) is 0. The first kappa shape index (κ1) is 26.2. The molecule has 0 heterocycles. The van der Waals surface area contributed by atoms with Crippen LogP contribution in [0.4, 0.5) is 4.79 Å². The van der Waals surface area contributed by atoms with Gasteiger partial charge in [0.15, 0.2) is 5.96 Å². The Morgan fingerprint density at radius 2 is 1.70 bits per heavy atom. The number of ether oxygens (including phenoxy) is 1. The topological polar surface area (TPSA) is 95.0 Å². The average Bonchev–Trinajstić information content (AvgIpc) is 2.48. The minimum absolute atomic E-state index is 0. The van der Waals surface area contributed by atoms with E-state index in [1.54, 1.807) is 0 Å². The summed E-state index contributed by atoms with van der Waals surface area (Å²) in [5.74, 6) is 0.644. The van der Waals surface area contributed by atoms with Crippen molar-refractivity contribution < 1.29 is 14.6 Å². The van der Waals surface area contributed by atoms with Gasteiger partial charge in [-0.15, -0.1) is 24.0 Å². The van der Waals surface area contributed by atoms with Gasteiger partial charge in [-0.25, -0.2) is 4.79 Å². The second-order valence-electron chi connectivity index (χ2n) is 8.84. The Labute approximate surface area is 181 Å². The van der Waals surface area contributed by atoms with Crippen LogP contribution >= 0.6 is 24.0 Å². The van der Waals surface area contributed by atoms with E-state index in [1.807, 2.05) is 41.5 Å². The number of carbonyl (C=O) groups is 1. The fourth-order valence-electron chi connectivity index (χ4n) is 2.87. The molecule has 4 N–H and O–H groups in total. The highest BCUT2D eigenvalue weighted by atomic mass is 127. The highest BCUT2D eigenvalue weighted by Gasteiger charge is 2.29. The van der Waals surface area contributed by atoms with Crippen molar-refractivity contribution in [3.8, 4) is 0 Å². The molecule has 1 fully saturated rings. The van der Waals surface area contributed by atoms with Crippen molar-refractivity contribution in [2.75, 3.05) is 19.6 Å². The Hall–Kier alpha value is -0.770. The molecule has 0 unspecified atom stereocenters. The monoisotopic (exact) mass is 498 g/mol. The fraction of sp³-hybridized carbons (Fsp3) is 0.895. The van der Waals surface area contributed by atoms with Gasteiger partial charge >= 0.3 is 6.09 Å². The molecule has 0 aromatic carbocycles. The molecule has 8 heteroatoms. The minimum Gasteiger partial charge on any atom is -0.444 e. The number of alkyl carbamates (subject to hydrolysis) is 1. The Bertz CT molecular complexity index is 484. The molecular weight excluding hydrogens is 459 g/mol. The zero-order valence-corrected chi connectivity index (χ0v) is 20.1. The van der Waals surface area contributed by atoms with E-state index in [0.29, 0.717) is 19.0 Å². The molecule has 27 heavy (non-hydrogen) atoms. The third-order valence-electron chi connectivity index (χ3n) is 4.19. The van der Waals surface area contributed by atoms with Crippen LogP contribution in [0.25, 0.3) is 0 Å². The van der Waals surface area contributed by atoms with Crippen LogP contribution in [0.2, 0.25) is 0 Å². The van der Waals surface area contributed by atoms with E-state index in [-0.39, 0.29) is 24.0 Å². The lowest BCUT2D eigenvalue weighted by Gasteiger charge is -2.33. The molecular formula is C19H39IN4O3. The molecule has 7 nitrogen and oxygen atoms in total. The third kappa shape index (κ3) is 11.6. The lowest BCUT2D eigenvalue weighted by Crippen LogP contribution is -2.50. The van der Waals surface area contributed by atoms with Crippen molar-refractivity contribution in [1.82, 2.24) is 16.0 Å². The van der Waals surface area contributed by atoms with Gasteiger partial charge in [0, 0.05) is 13.1 Å². The second-order valence-corrected chi connectivity index (χ2v) is 8.84. The summed E-state index contributed by atoms with van der Waals surface area (Å²) in [5.41, 5.74) is -1.74. The molecule has 0 atom stereocenters. The maximum atomic E-state index is 12.0. The second kappa shape index (κ2) is 11.3. The van der Waals surface area contributed by atoms with E-state index < -0.39 is 22.8 Å². The SMILES string of the molecule is CCNC(=NCC(C)(C)NC(=O)OC(C)(C)C)NCC1(O)CCCCC1.I. The zero-order valence-electron chi connectivity index (χ0n) is 17.8. The largest absolute Gasteiger partial charge is 0.444 e. The maximum Gasteiger partial charge on any atom is 0.408 e. The standard InChI is InChI=1S/C19H38N4O3.HI/c1-7-20-15(22-14-19(25)11-9-8-10-12-19)21-13-18(5,6)23-16(24)26-17(2,3)4;/h25H,7-14H2,1-6H3,(H,23,24)(H2,20,21,22);1H. The lowest BCUT2D eigenvalue weighted by atomic mass is 9.85. The summed E-state index contributed by atoms with van der Waals surface area (Å²) in [6.07, 6.45) is 4.53. The van der Waals surface area contributed by atoms with Crippen molar-refractivity contribution >= 4 is 36.0 Å². The van der Waals surface area contributed by atoms with Gasteiger partial charge in [-0.2, -0.15) is 0 Å². The molecule has 1 aliphatic rings. The molecule has 0 aromatic heterocycles. The number of guanidine groups is 1. The number of hydrogen-bond donors (Lipinski definition) is 4. The van der Waals surface area contributed by atoms with E-state index in [4.69, 9.17) is 4.74 Å².